The molecule has 12 heteroatoms. The number of nitrogen functional groups attached to an aromatic ring is 2. The fraction of sp³-hybridized carbons (Fsp3) is 0.394. The predicted octanol–water partition coefficient (Wildman–Crippen LogP) is 3.43. The highest BCUT2D eigenvalue weighted by molar-refractivity contribution is 5.87. The summed E-state index contributed by atoms with van der Waals surface area (Å²) in [6.07, 6.45) is 2.18. The number of nitrogens with two attached hydrogens (primary N) is 2. The average Bonchev–Trinajstić information content (AvgIpc) is 3.69. The zero-order chi connectivity index (χ0) is 32.1. The first-order valence-corrected chi connectivity index (χ1v) is 14.9. The van der Waals surface area contributed by atoms with Crippen molar-refractivity contribution in [3.05, 3.63) is 69.7 Å². The van der Waals surface area contributed by atoms with E-state index in [9.17, 15) is 14.7 Å². The Morgan fingerprint density at radius 2 is 1.98 bits per heavy atom. The number of aromatic hydroxyl groups is 1. The molecule has 0 saturated carbocycles. The van der Waals surface area contributed by atoms with E-state index in [-0.39, 0.29) is 34.7 Å². The molecule has 0 aliphatic carbocycles. The van der Waals surface area contributed by atoms with E-state index in [4.69, 9.17) is 30.1 Å². The molecule has 6 N–H and O–H groups in total. The lowest BCUT2D eigenvalue weighted by atomic mass is 9.89. The number of benzene rings is 1. The first-order valence-electron chi connectivity index (χ1n) is 14.9. The summed E-state index contributed by atoms with van der Waals surface area (Å²) in [5, 5.41) is 14.2. The third-order valence-corrected chi connectivity index (χ3v) is 8.55. The summed E-state index contributed by atoms with van der Waals surface area (Å²) in [7, 11) is 1.81. The van der Waals surface area contributed by atoms with Gasteiger partial charge in [-0.2, -0.15) is 0 Å². The lowest BCUT2D eigenvalue weighted by Gasteiger charge is -2.39. The van der Waals surface area contributed by atoms with Crippen molar-refractivity contribution in [2.75, 3.05) is 25.1 Å². The van der Waals surface area contributed by atoms with E-state index < -0.39 is 23.3 Å². The van der Waals surface area contributed by atoms with Gasteiger partial charge in [0.05, 0.1) is 11.8 Å². The van der Waals surface area contributed by atoms with Crippen LogP contribution in [0.3, 0.4) is 0 Å². The van der Waals surface area contributed by atoms with Crippen LogP contribution in [0.15, 0.2) is 51.8 Å². The van der Waals surface area contributed by atoms with Crippen molar-refractivity contribution in [2.45, 2.75) is 69.9 Å². The Balaban J connectivity index is 1.20. The summed E-state index contributed by atoms with van der Waals surface area (Å²) in [5.74, 6) is 0.832. The fourth-order valence-electron chi connectivity index (χ4n) is 6.05. The van der Waals surface area contributed by atoms with Crippen LogP contribution in [-0.2, 0) is 27.1 Å². The number of nitrogens with one attached hydrogen (secondary N) is 1. The number of esters is 1. The number of ether oxygens (including phenoxy) is 3. The number of rotatable bonds is 9. The molecule has 12 nitrogen and oxygen atoms in total. The molecule has 236 valence electrons. The van der Waals surface area contributed by atoms with E-state index in [2.05, 4.69) is 15.3 Å². The number of phenols is 1. The van der Waals surface area contributed by atoms with E-state index in [0.717, 1.165) is 11.1 Å². The Morgan fingerprint density at radius 3 is 2.73 bits per heavy atom. The van der Waals surface area contributed by atoms with Gasteiger partial charge >= 0.3 is 5.97 Å². The summed E-state index contributed by atoms with van der Waals surface area (Å²) >= 11 is 0. The molecule has 0 unspecified atom stereocenters. The van der Waals surface area contributed by atoms with Gasteiger partial charge in [0.15, 0.2) is 11.0 Å². The molecule has 0 amide bonds. The van der Waals surface area contributed by atoms with E-state index in [1.54, 1.807) is 31.3 Å². The van der Waals surface area contributed by atoms with Gasteiger partial charge in [0, 0.05) is 42.3 Å². The maximum atomic E-state index is 13.8. The Kier molecular flexibility index (Phi) is 7.66. The molecular weight excluding hydrogens is 578 g/mol. The number of nitrogens with zero attached hydrogens (tertiary/aromatic N) is 2. The highest BCUT2D eigenvalue weighted by atomic mass is 16.7. The summed E-state index contributed by atoms with van der Waals surface area (Å²) in [5.41, 5.74) is 12.6. The number of fused-ring (bicyclic) bond motifs is 2. The van der Waals surface area contributed by atoms with Crippen LogP contribution in [0.4, 0.5) is 11.6 Å². The number of phenolic OH excluding ortho intramolecular Hbond substituents is 1. The van der Waals surface area contributed by atoms with Crippen molar-refractivity contribution in [3.8, 4) is 22.8 Å². The molecule has 2 aliphatic heterocycles. The number of epoxide rings is 1. The number of anilines is 2. The van der Waals surface area contributed by atoms with Crippen LogP contribution in [0.1, 0.15) is 43.6 Å². The molecule has 0 bridgehead atoms. The van der Waals surface area contributed by atoms with Gasteiger partial charge in [0.2, 0.25) is 0 Å². The topological polar surface area (TPSA) is 188 Å². The minimum absolute atomic E-state index is 0.0659. The normalized spacial score (nSPS) is 21.6. The number of pyridine rings is 2. The summed E-state index contributed by atoms with van der Waals surface area (Å²) in [4.78, 5) is 35.0. The van der Waals surface area contributed by atoms with Gasteiger partial charge < -0.3 is 40.5 Å². The fourth-order valence-corrected chi connectivity index (χ4v) is 6.05. The van der Waals surface area contributed by atoms with Crippen LogP contribution < -0.4 is 26.9 Å². The molecule has 1 saturated heterocycles. The number of aryl methyl sites for hydroxylation is 2. The minimum Gasteiger partial charge on any atom is -0.507 e. The monoisotopic (exact) mass is 615 g/mol. The number of aromatic nitrogens is 2. The maximum absolute atomic E-state index is 13.8. The van der Waals surface area contributed by atoms with Gasteiger partial charge in [0.25, 0.3) is 0 Å². The van der Waals surface area contributed by atoms with Gasteiger partial charge in [0.1, 0.15) is 51.6 Å². The van der Waals surface area contributed by atoms with Crippen LogP contribution in [0.5, 0.6) is 11.5 Å². The molecule has 3 aromatic heterocycles. The van der Waals surface area contributed by atoms with Gasteiger partial charge in [-0.05, 0) is 77.0 Å². The summed E-state index contributed by atoms with van der Waals surface area (Å²) in [6, 6.07) is 10.2. The third kappa shape index (κ3) is 5.78. The smallest absolute Gasteiger partial charge is 0.341 e. The Hall–Kier alpha value is -4.68. The number of carbonyl (C=O) groups is 1. The quantitative estimate of drug-likeness (QED) is 0.159. The van der Waals surface area contributed by atoms with Crippen molar-refractivity contribution in [3.63, 3.8) is 0 Å². The van der Waals surface area contributed by atoms with Crippen molar-refractivity contribution in [1.82, 2.24) is 15.3 Å². The van der Waals surface area contributed by atoms with E-state index in [1.165, 1.54) is 6.07 Å². The zero-order valence-corrected chi connectivity index (χ0v) is 25.7. The molecule has 3 atom stereocenters. The first-order chi connectivity index (χ1) is 21.4. The first kappa shape index (κ1) is 30.4. The predicted molar refractivity (Wildman–Crippen MR) is 168 cm³/mol. The second-order valence-corrected chi connectivity index (χ2v) is 12.2. The average molecular weight is 616 g/mol. The van der Waals surface area contributed by atoms with Gasteiger partial charge in [-0.15, -0.1) is 0 Å². The van der Waals surface area contributed by atoms with Crippen LogP contribution in [0.25, 0.3) is 22.2 Å². The second-order valence-electron chi connectivity index (χ2n) is 12.2. The minimum atomic E-state index is -1.13. The molecule has 1 fully saturated rings. The highest BCUT2D eigenvalue weighted by Crippen LogP contribution is 2.47. The third-order valence-electron chi connectivity index (χ3n) is 8.55. The van der Waals surface area contributed by atoms with Crippen LogP contribution >= 0.6 is 0 Å². The Labute approximate surface area is 259 Å². The lowest BCUT2D eigenvalue weighted by molar-refractivity contribution is -0.167. The lowest BCUT2D eigenvalue weighted by Crippen LogP contribution is -2.50. The van der Waals surface area contributed by atoms with Crippen molar-refractivity contribution in [2.24, 2.45) is 0 Å². The standard InChI is InChI=1S/C33H37N5O7/c1-17-11-22(39)29-24(42-17)16-23-20(30(29)40)15-26(32(2,3)44-23)43-31(41)33(8-10-36-4)25(45-33)6-5-18-12-21(38-28(35)13-18)19-7-9-37-27(34)14-19/h7,9,11-14,16,25-26,36,40H,5-6,8,10,15H2,1-4H3,(H2,34,37)(H2,35,38)/t25-,26-,33-/m1/s1. The maximum Gasteiger partial charge on any atom is 0.341 e. The van der Waals surface area contributed by atoms with Gasteiger partial charge in [-0.25, -0.2) is 14.8 Å². The summed E-state index contributed by atoms with van der Waals surface area (Å²) < 4.78 is 24.1. The molecule has 2 aliphatic rings. The van der Waals surface area contributed by atoms with Crippen molar-refractivity contribution < 1.29 is 28.5 Å². The second kappa shape index (κ2) is 11.4. The molecule has 0 spiro atoms. The number of hydrogen-bond acceptors (Lipinski definition) is 12. The zero-order valence-electron chi connectivity index (χ0n) is 25.7. The molecule has 5 heterocycles. The molecule has 1 aromatic carbocycles. The van der Waals surface area contributed by atoms with Crippen LogP contribution in [-0.4, -0.2) is 58.0 Å². The van der Waals surface area contributed by atoms with Crippen molar-refractivity contribution in [1.29, 1.82) is 0 Å². The van der Waals surface area contributed by atoms with E-state index in [0.29, 0.717) is 60.2 Å². The van der Waals surface area contributed by atoms with Crippen LogP contribution in [0.2, 0.25) is 0 Å². The largest absolute Gasteiger partial charge is 0.507 e. The molecule has 0 radical (unpaired) electrons. The Bertz CT molecular complexity index is 1860. The van der Waals surface area contributed by atoms with Gasteiger partial charge in [-0.3, -0.25) is 4.79 Å². The molecular formula is C33H37N5O7. The molecule has 6 rings (SSSR count). The van der Waals surface area contributed by atoms with Crippen molar-refractivity contribution >= 4 is 28.6 Å². The SMILES string of the molecule is CNCC[C@@]1(C(=O)O[C@@H]2Cc3c(cc4oc(C)cc(=O)c4c3O)OC2(C)C)O[C@@H]1CCc1cc(N)nc(-c2ccnc(N)c2)c1. The highest BCUT2D eigenvalue weighted by Gasteiger charge is 2.63. The van der Waals surface area contributed by atoms with Crippen LogP contribution in [0, 0.1) is 6.92 Å². The van der Waals surface area contributed by atoms with E-state index in [1.807, 2.05) is 33.0 Å². The van der Waals surface area contributed by atoms with Gasteiger partial charge in [-0.1, -0.05) is 0 Å². The van der Waals surface area contributed by atoms with E-state index >= 15 is 0 Å². The molecule has 4 aromatic rings. The number of hydrogen-bond donors (Lipinski definition) is 4. The molecule has 45 heavy (non-hydrogen) atoms. The number of carbonyl (C=O) groups excluding carboxylic acids is 1. The Morgan fingerprint density at radius 1 is 1.18 bits per heavy atom. The summed E-state index contributed by atoms with van der Waals surface area (Å²) in [6.45, 7) is 5.83.